The standard InChI is InChI=1S/C13H18N2O2S2/c1-10-7-14-13(18-9-10)15-8-11-3-5-12(6-4-11)19(2,16)17/h3-6,10H,7-9H2,1-2H3,(H,14,15). The molecule has 1 aliphatic heterocycles. The summed E-state index contributed by atoms with van der Waals surface area (Å²) in [6.45, 7) is 3.74. The Hall–Kier alpha value is -1.01. The normalized spacial score (nSPS) is 19.9. The average molecular weight is 298 g/mol. The van der Waals surface area contributed by atoms with Gasteiger partial charge in [-0.25, -0.2) is 8.42 Å². The maximum atomic E-state index is 11.3. The van der Waals surface area contributed by atoms with Crippen molar-refractivity contribution < 1.29 is 8.42 Å². The molecule has 1 aromatic carbocycles. The van der Waals surface area contributed by atoms with Crippen LogP contribution >= 0.6 is 11.8 Å². The van der Waals surface area contributed by atoms with Crippen molar-refractivity contribution in [1.82, 2.24) is 5.32 Å². The maximum absolute atomic E-state index is 11.3. The second-order valence-electron chi connectivity index (χ2n) is 4.83. The first-order chi connectivity index (χ1) is 8.95. The van der Waals surface area contributed by atoms with E-state index < -0.39 is 9.84 Å². The van der Waals surface area contributed by atoms with E-state index in [1.165, 1.54) is 6.26 Å². The first-order valence-electron chi connectivity index (χ1n) is 6.15. The van der Waals surface area contributed by atoms with E-state index >= 15 is 0 Å². The molecular weight excluding hydrogens is 280 g/mol. The Bertz CT molecular complexity index is 565. The lowest BCUT2D eigenvalue weighted by molar-refractivity contribution is 0.602. The van der Waals surface area contributed by atoms with E-state index in [4.69, 9.17) is 0 Å². The van der Waals surface area contributed by atoms with Gasteiger partial charge in [-0.2, -0.15) is 0 Å². The number of aliphatic imine (C=N–C) groups is 1. The predicted molar refractivity (Wildman–Crippen MR) is 80.3 cm³/mol. The van der Waals surface area contributed by atoms with Gasteiger partial charge in [-0.1, -0.05) is 30.8 Å². The molecule has 104 valence electrons. The van der Waals surface area contributed by atoms with Crippen molar-refractivity contribution in [3.05, 3.63) is 29.8 Å². The van der Waals surface area contributed by atoms with Crippen molar-refractivity contribution in [3.63, 3.8) is 0 Å². The summed E-state index contributed by atoms with van der Waals surface area (Å²) in [5.74, 6) is 1.74. The van der Waals surface area contributed by atoms with Gasteiger partial charge in [-0.15, -0.1) is 0 Å². The molecule has 1 aliphatic rings. The van der Waals surface area contributed by atoms with Crippen LogP contribution in [-0.4, -0.2) is 32.1 Å². The smallest absolute Gasteiger partial charge is 0.175 e. The van der Waals surface area contributed by atoms with E-state index in [0.717, 1.165) is 23.0 Å². The van der Waals surface area contributed by atoms with Gasteiger partial charge in [0.25, 0.3) is 0 Å². The molecule has 4 nitrogen and oxygen atoms in total. The monoisotopic (exact) mass is 298 g/mol. The minimum Gasteiger partial charge on any atom is -0.361 e. The molecule has 0 saturated carbocycles. The van der Waals surface area contributed by atoms with Crippen molar-refractivity contribution in [1.29, 1.82) is 0 Å². The molecule has 0 radical (unpaired) electrons. The molecule has 0 saturated heterocycles. The number of sulfone groups is 1. The first kappa shape index (κ1) is 14.4. The Labute approximate surface area is 118 Å². The van der Waals surface area contributed by atoms with E-state index in [1.54, 1.807) is 23.9 Å². The molecule has 0 bridgehead atoms. The lowest BCUT2D eigenvalue weighted by Crippen LogP contribution is -2.25. The minimum absolute atomic E-state index is 0.356. The Morgan fingerprint density at radius 2 is 2.05 bits per heavy atom. The molecule has 0 spiro atoms. The van der Waals surface area contributed by atoms with E-state index in [1.807, 2.05) is 12.1 Å². The molecular formula is C13H18N2O2S2. The van der Waals surface area contributed by atoms with Crippen LogP contribution in [0.1, 0.15) is 12.5 Å². The van der Waals surface area contributed by atoms with Crippen molar-refractivity contribution in [2.45, 2.75) is 18.4 Å². The third kappa shape index (κ3) is 4.24. The van der Waals surface area contributed by atoms with E-state index in [2.05, 4.69) is 17.2 Å². The predicted octanol–water partition coefficient (Wildman–Crippen LogP) is 1.92. The number of nitrogens with zero attached hydrogens (tertiary/aromatic N) is 1. The van der Waals surface area contributed by atoms with Crippen LogP contribution in [0.2, 0.25) is 0 Å². The number of amidine groups is 1. The Balaban J connectivity index is 1.94. The highest BCUT2D eigenvalue weighted by Crippen LogP contribution is 2.16. The summed E-state index contributed by atoms with van der Waals surface area (Å²) < 4.78 is 22.7. The SMILES string of the molecule is CC1CN=C(NCc2ccc(S(C)(=O)=O)cc2)SC1. The fourth-order valence-electron chi connectivity index (χ4n) is 1.70. The fraction of sp³-hybridized carbons (Fsp3) is 0.462. The third-order valence-electron chi connectivity index (χ3n) is 2.85. The van der Waals surface area contributed by atoms with Gasteiger partial charge in [-0.05, 0) is 23.6 Å². The minimum atomic E-state index is -3.11. The van der Waals surface area contributed by atoms with Gasteiger partial charge in [0.1, 0.15) is 0 Å². The van der Waals surface area contributed by atoms with Crippen molar-refractivity contribution in [2.24, 2.45) is 10.9 Å². The third-order valence-corrected chi connectivity index (χ3v) is 5.26. The molecule has 1 heterocycles. The molecule has 1 atom stereocenters. The number of hydrogen-bond donors (Lipinski definition) is 1. The van der Waals surface area contributed by atoms with E-state index in [9.17, 15) is 8.42 Å². The van der Waals surface area contributed by atoms with Crippen molar-refractivity contribution in [3.8, 4) is 0 Å². The van der Waals surface area contributed by atoms with Gasteiger partial charge < -0.3 is 5.32 Å². The Kier molecular flexibility index (Phi) is 4.52. The number of rotatable bonds is 3. The quantitative estimate of drug-likeness (QED) is 0.926. The molecule has 0 aliphatic carbocycles. The van der Waals surface area contributed by atoms with Crippen LogP contribution in [0.15, 0.2) is 34.2 Å². The van der Waals surface area contributed by atoms with Crippen LogP contribution in [0.4, 0.5) is 0 Å². The highest BCUT2D eigenvalue weighted by molar-refractivity contribution is 8.13. The Morgan fingerprint density at radius 1 is 1.37 bits per heavy atom. The zero-order valence-corrected chi connectivity index (χ0v) is 12.7. The number of benzene rings is 1. The van der Waals surface area contributed by atoms with Crippen LogP contribution < -0.4 is 5.32 Å². The highest BCUT2D eigenvalue weighted by atomic mass is 32.2. The van der Waals surface area contributed by atoms with Gasteiger partial charge in [-0.3, -0.25) is 4.99 Å². The summed E-state index contributed by atoms with van der Waals surface area (Å²) in [6.07, 6.45) is 1.22. The Morgan fingerprint density at radius 3 is 2.58 bits per heavy atom. The zero-order chi connectivity index (χ0) is 13.9. The molecule has 19 heavy (non-hydrogen) atoms. The fourth-order valence-corrected chi connectivity index (χ4v) is 3.22. The van der Waals surface area contributed by atoms with Gasteiger partial charge in [0.2, 0.25) is 0 Å². The molecule has 1 aromatic rings. The lowest BCUT2D eigenvalue weighted by atomic mass is 10.2. The summed E-state index contributed by atoms with van der Waals surface area (Å²) >= 11 is 1.74. The van der Waals surface area contributed by atoms with Crippen LogP contribution in [0.5, 0.6) is 0 Å². The molecule has 6 heteroatoms. The molecule has 1 unspecified atom stereocenters. The van der Waals surface area contributed by atoms with Crippen LogP contribution in [0.25, 0.3) is 0 Å². The summed E-state index contributed by atoms with van der Waals surface area (Å²) in [6, 6.07) is 6.95. The van der Waals surface area contributed by atoms with Crippen LogP contribution in [0.3, 0.4) is 0 Å². The largest absolute Gasteiger partial charge is 0.361 e. The van der Waals surface area contributed by atoms with E-state index in [0.29, 0.717) is 17.4 Å². The molecule has 0 amide bonds. The summed E-state index contributed by atoms with van der Waals surface area (Å²) in [4.78, 5) is 4.81. The summed E-state index contributed by atoms with van der Waals surface area (Å²) in [5.41, 5.74) is 1.05. The van der Waals surface area contributed by atoms with Crippen LogP contribution in [0, 0.1) is 5.92 Å². The first-order valence-corrected chi connectivity index (χ1v) is 9.03. The topological polar surface area (TPSA) is 58.5 Å². The van der Waals surface area contributed by atoms with Crippen molar-refractivity contribution in [2.75, 3.05) is 18.6 Å². The average Bonchev–Trinajstić information content (AvgIpc) is 2.37. The van der Waals surface area contributed by atoms with Gasteiger partial charge in [0.05, 0.1) is 4.90 Å². The number of thioether (sulfide) groups is 1. The highest BCUT2D eigenvalue weighted by Gasteiger charge is 2.11. The van der Waals surface area contributed by atoms with Gasteiger partial charge in [0.15, 0.2) is 15.0 Å². The summed E-state index contributed by atoms with van der Waals surface area (Å²) in [5, 5.41) is 4.26. The number of hydrogen-bond acceptors (Lipinski definition) is 5. The second kappa shape index (κ2) is 5.96. The zero-order valence-electron chi connectivity index (χ0n) is 11.1. The molecule has 0 aromatic heterocycles. The number of nitrogens with one attached hydrogen (secondary N) is 1. The molecule has 2 rings (SSSR count). The maximum Gasteiger partial charge on any atom is 0.175 e. The lowest BCUT2D eigenvalue weighted by Gasteiger charge is -2.17. The molecule has 0 fully saturated rings. The second-order valence-corrected chi connectivity index (χ2v) is 7.86. The summed E-state index contributed by atoms with van der Waals surface area (Å²) in [7, 11) is -3.11. The van der Waals surface area contributed by atoms with Gasteiger partial charge in [0, 0.05) is 25.1 Å². The van der Waals surface area contributed by atoms with Crippen LogP contribution in [-0.2, 0) is 16.4 Å². The van der Waals surface area contributed by atoms with Crippen molar-refractivity contribution >= 4 is 26.8 Å². The van der Waals surface area contributed by atoms with Gasteiger partial charge >= 0.3 is 0 Å². The molecule has 1 N–H and O–H groups in total. The van der Waals surface area contributed by atoms with E-state index in [-0.39, 0.29) is 0 Å².